The highest BCUT2D eigenvalue weighted by Crippen LogP contribution is 2.24. The largest absolute Gasteiger partial charge is 0.497 e. The number of nitrogens with zero attached hydrogens (tertiary/aromatic N) is 3. The summed E-state index contributed by atoms with van der Waals surface area (Å²) in [6.07, 6.45) is -0.521. The van der Waals surface area contributed by atoms with Crippen molar-refractivity contribution in [2.45, 2.75) is 19.6 Å². The van der Waals surface area contributed by atoms with Crippen LogP contribution in [-0.4, -0.2) is 60.1 Å². The topological polar surface area (TPSA) is 54.9 Å². The molecule has 0 N–H and O–H groups in total. The van der Waals surface area contributed by atoms with Gasteiger partial charge < -0.3 is 14.4 Å². The third-order valence-electron chi connectivity index (χ3n) is 5.36. The third-order valence-corrected chi connectivity index (χ3v) is 6.30. The van der Waals surface area contributed by atoms with Crippen LogP contribution in [0.3, 0.4) is 0 Å². The van der Waals surface area contributed by atoms with Gasteiger partial charge in [0.1, 0.15) is 16.5 Å². The minimum absolute atomic E-state index is 0.0236. The van der Waals surface area contributed by atoms with Crippen molar-refractivity contribution in [2.75, 3.05) is 33.3 Å². The molecule has 1 aromatic heterocycles. The molecule has 0 unspecified atom stereocenters. The molecule has 7 heteroatoms. The predicted octanol–water partition coefficient (Wildman–Crippen LogP) is 3.93. The first-order valence-corrected chi connectivity index (χ1v) is 11.3. The van der Waals surface area contributed by atoms with Crippen LogP contribution in [0.2, 0.25) is 0 Å². The average Bonchev–Trinajstić information content (AvgIpc) is 3.28. The van der Waals surface area contributed by atoms with Gasteiger partial charge in [0.05, 0.1) is 12.8 Å². The Bertz CT molecular complexity index is 983. The summed E-state index contributed by atoms with van der Waals surface area (Å²) in [5.41, 5.74) is 2.24. The first kappa shape index (κ1) is 21.3. The lowest BCUT2D eigenvalue weighted by molar-refractivity contribution is -0.139. The standard InChI is InChI=1S/C24H27N3O3S/c1-18(30-22-10-8-21(29-2)9-11-22)24(28)27-14-12-26(13-15-27)16-20-17-31-23(25-20)19-6-4-3-5-7-19/h3-11,17-18H,12-16H2,1-2H3/t18-/m1/s1. The van der Waals surface area contributed by atoms with Crippen LogP contribution >= 0.6 is 11.3 Å². The maximum atomic E-state index is 12.8. The van der Waals surface area contributed by atoms with E-state index in [0.29, 0.717) is 18.8 Å². The van der Waals surface area contributed by atoms with Gasteiger partial charge in [-0.1, -0.05) is 30.3 Å². The number of rotatable bonds is 7. The van der Waals surface area contributed by atoms with Crippen LogP contribution in [0.1, 0.15) is 12.6 Å². The molecule has 1 aliphatic rings. The van der Waals surface area contributed by atoms with Gasteiger partial charge in [-0.05, 0) is 31.2 Å². The highest BCUT2D eigenvalue weighted by Gasteiger charge is 2.26. The second-order valence-electron chi connectivity index (χ2n) is 7.55. The molecule has 1 aliphatic heterocycles. The molecule has 1 atom stereocenters. The Balaban J connectivity index is 1.26. The van der Waals surface area contributed by atoms with Crippen molar-refractivity contribution in [3.8, 4) is 22.1 Å². The van der Waals surface area contributed by atoms with Gasteiger partial charge >= 0.3 is 0 Å². The average molecular weight is 438 g/mol. The van der Waals surface area contributed by atoms with Crippen molar-refractivity contribution >= 4 is 17.2 Å². The van der Waals surface area contributed by atoms with E-state index in [0.717, 1.165) is 41.6 Å². The number of hydrogen-bond acceptors (Lipinski definition) is 6. The Hall–Kier alpha value is -2.90. The van der Waals surface area contributed by atoms with Gasteiger partial charge in [0.2, 0.25) is 0 Å². The maximum absolute atomic E-state index is 12.8. The van der Waals surface area contributed by atoms with E-state index >= 15 is 0 Å². The van der Waals surface area contributed by atoms with Crippen LogP contribution in [-0.2, 0) is 11.3 Å². The number of amides is 1. The van der Waals surface area contributed by atoms with Gasteiger partial charge in [0.15, 0.2) is 6.10 Å². The molecule has 2 heterocycles. The molecule has 0 aliphatic carbocycles. The monoisotopic (exact) mass is 437 g/mol. The van der Waals surface area contributed by atoms with E-state index in [-0.39, 0.29) is 5.91 Å². The number of aromatic nitrogens is 1. The number of carbonyl (C=O) groups excluding carboxylic acids is 1. The number of methoxy groups -OCH3 is 1. The van der Waals surface area contributed by atoms with Crippen molar-refractivity contribution in [2.24, 2.45) is 0 Å². The zero-order valence-electron chi connectivity index (χ0n) is 17.9. The minimum atomic E-state index is -0.521. The Morgan fingerprint density at radius 3 is 2.39 bits per heavy atom. The molecule has 0 radical (unpaired) electrons. The van der Waals surface area contributed by atoms with Crippen molar-refractivity contribution < 1.29 is 14.3 Å². The van der Waals surface area contributed by atoms with Crippen LogP contribution in [0.5, 0.6) is 11.5 Å². The molecule has 0 saturated carbocycles. The van der Waals surface area contributed by atoms with E-state index in [2.05, 4.69) is 22.4 Å². The van der Waals surface area contributed by atoms with Crippen LogP contribution in [0, 0.1) is 0 Å². The Kier molecular flexibility index (Phi) is 6.84. The van der Waals surface area contributed by atoms with Gasteiger partial charge in [-0.3, -0.25) is 9.69 Å². The summed E-state index contributed by atoms with van der Waals surface area (Å²) in [6.45, 7) is 5.68. The normalized spacial score (nSPS) is 15.5. The van der Waals surface area contributed by atoms with Gasteiger partial charge in [-0.2, -0.15) is 0 Å². The third kappa shape index (κ3) is 5.42. The van der Waals surface area contributed by atoms with Crippen LogP contribution in [0.15, 0.2) is 60.0 Å². The fraction of sp³-hybridized carbons (Fsp3) is 0.333. The zero-order valence-corrected chi connectivity index (χ0v) is 18.7. The fourth-order valence-corrected chi connectivity index (χ4v) is 4.43. The van der Waals surface area contributed by atoms with E-state index in [1.807, 2.05) is 47.4 Å². The van der Waals surface area contributed by atoms with Crippen molar-refractivity contribution in [3.63, 3.8) is 0 Å². The molecule has 3 aromatic rings. The number of hydrogen-bond donors (Lipinski definition) is 0. The minimum Gasteiger partial charge on any atom is -0.497 e. The molecule has 0 spiro atoms. The molecule has 0 bridgehead atoms. The highest BCUT2D eigenvalue weighted by atomic mass is 32.1. The highest BCUT2D eigenvalue weighted by molar-refractivity contribution is 7.13. The number of ether oxygens (including phenoxy) is 2. The molecule has 1 fully saturated rings. The van der Waals surface area contributed by atoms with E-state index in [1.165, 1.54) is 0 Å². The lowest BCUT2D eigenvalue weighted by Crippen LogP contribution is -2.51. The zero-order chi connectivity index (χ0) is 21.6. The summed E-state index contributed by atoms with van der Waals surface area (Å²) >= 11 is 1.68. The molecule has 1 amide bonds. The molecule has 1 saturated heterocycles. The summed E-state index contributed by atoms with van der Waals surface area (Å²) in [5.74, 6) is 1.45. The van der Waals surface area contributed by atoms with Crippen LogP contribution < -0.4 is 9.47 Å². The number of benzene rings is 2. The number of thiazole rings is 1. The Labute approximate surface area is 187 Å². The smallest absolute Gasteiger partial charge is 0.263 e. The van der Waals surface area contributed by atoms with E-state index in [4.69, 9.17) is 14.5 Å². The summed E-state index contributed by atoms with van der Waals surface area (Å²) < 4.78 is 11.0. The lowest BCUT2D eigenvalue weighted by atomic mass is 10.2. The summed E-state index contributed by atoms with van der Waals surface area (Å²) in [4.78, 5) is 21.8. The summed E-state index contributed by atoms with van der Waals surface area (Å²) in [5, 5.41) is 3.18. The van der Waals surface area contributed by atoms with Gasteiger partial charge in [-0.25, -0.2) is 4.98 Å². The van der Waals surface area contributed by atoms with Gasteiger partial charge in [0, 0.05) is 43.7 Å². The quantitative estimate of drug-likeness (QED) is 0.561. The summed E-state index contributed by atoms with van der Waals surface area (Å²) in [6, 6.07) is 17.5. The molecule has 4 rings (SSSR count). The Morgan fingerprint density at radius 2 is 1.71 bits per heavy atom. The van der Waals surface area contributed by atoms with E-state index < -0.39 is 6.10 Å². The second kappa shape index (κ2) is 9.94. The molecular formula is C24H27N3O3S. The van der Waals surface area contributed by atoms with Crippen LogP contribution in [0.25, 0.3) is 10.6 Å². The molecule has 2 aromatic carbocycles. The SMILES string of the molecule is COc1ccc(O[C@H](C)C(=O)N2CCN(Cc3csc(-c4ccccc4)n3)CC2)cc1. The predicted molar refractivity (Wildman–Crippen MR) is 122 cm³/mol. The van der Waals surface area contributed by atoms with Gasteiger partial charge in [0.25, 0.3) is 5.91 Å². The maximum Gasteiger partial charge on any atom is 0.263 e. The second-order valence-corrected chi connectivity index (χ2v) is 8.41. The van der Waals surface area contributed by atoms with Crippen LogP contribution in [0.4, 0.5) is 0 Å². The first-order chi connectivity index (χ1) is 15.1. The summed E-state index contributed by atoms with van der Waals surface area (Å²) in [7, 11) is 1.62. The lowest BCUT2D eigenvalue weighted by Gasteiger charge is -2.35. The fourth-order valence-electron chi connectivity index (χ4n) is 3.61. The van der Waals surface area contributed by atoms with Crippen molar-refractivity contribution in [3.05, 3.63) is 65.7 Å². The Morgan fingerprint density at radius 1 is 1.03 bits per heavy atom. The van der Waals surface area contributed by atoms with E-state index in [9.17, 15) is 4.79 Å². The molecule has 6 nitrogen and oxygen atoms in total. The van der Waals surface area contributed by atoms with Crippen molar-refractivity contribution in [1.29, 1.82) is 0 Å². The van der Waals surface area contributed by atoms with E-state index in [1.54, 1.807) is 25.4 Å². The molecule has 162 valence electrons. The molecule has 31 heavy (non-hydrogen) atoms. The number of piperazine rings is 1. The first-order valence-electron chi connectivity index (χ1n) is 10.4. The van der Waals surface area contributed by atoms with Crippen molar-refractivity contribution in [1.82, 2.24) is 14.8 Å². The molecular weight excluding hydrogens is 410 g/mol. The van der Waals surface area contributed by atoms with Gasteiger partial charge in [-0.15, -0.1) is 11.3 Å². The number of carbonyl (C=O) groups is 1.